The van der Waals surface area contributed by atoms with Gasteiger partial charge in [-0.25, -0.2) is 8.42 Å². The van der Waals surface area contributed by atoms with Gasteiger partial charge in [-0.3, -0.25) is 4.79 Å². The molecule has 10 heteroatoms. The first-order valence-corrected chi connectivity index (χ1v) is 12.9. The predicted molar refractivity (Wildman–Crippen MR) is 130 cm³/mol. The maximum absolute atomic E-state index is 12.9. The van der Waals surface area contributed by atoms with Gasteiger partial charge >= 0.3 is 0 Å². The third-order valence-electron chi connectivity index (χ3n) is 5.87. The Bertz CT molecular complexity index is 1310. The number of nitrogens with zero attached hydrogens (tertiary/aromatic N) is 2. The van der Waals surface area contributed by atoms with Gasteiger partial charge in [-0.15, -0.1) is 0 Å². The fourth-order valence-corrected chi connectivity index (χ4v) is 5.72. The van der Waals surface area contributed by atoms with Crippen LogP contribution in [0.5, 0.6) is 5.75 Å². The number of halogens is 1. The third kappa shape index (κ3) is 5.11. The zero-order chi connectivity index (χ0) is 24.3. The highest BCUT2D eigenvalue weighted by Crippen LogP contribution is 2.31. The summed E-state index contributed by atoms with van der Waals surface area (Å²) in [4.78, 5) is 12.8. The van der Waals surface area contributed by atoms with Crippen LogP contribution in [0.15, 0.2) is 47.0 Å². The summed E-state index contributed by atoms with van der Waals surface area (Å²) in [6.07, 6.45) is 0.923. The Morgan fingerprint density at radius 3 is 2.79 bits per heavy atom. The number of rotatable bonds is 8. The lowest BCUT2D eigenvalue weighted by Gasteiger charge is -2.28. The molecule has 1 aliphatic heterocycles. The van der Waals surface area contributed by atoms with Crippen LogP contribution in [-0.4, -0.2) is 49.7 Å². The van der Waals surface area contributed by atoms with Crippen molar-refractivity contribution in [1.29, 1.82) is 0 Å². The molecule has 180 valence electrons. The van der Waals surface area contributed by atoms with Crippen molar-refractivity contribution in [1.82, 2.24) is 14.8 Å². The van der Waals surface area contributed by atoms with Crippen molar-refractivity contribution in [3.8, 4) is 17.0 Å². The van der Waals surface area contributed by atoms with Crippen LogP contribution in [0.25, 0.3) is 11.3 Å². The molecule has 1 amide bonds. The number of fused-ring (bicyclic) bond motifs is 1. The average Bonchev–Trinajstić information content (AvgIpc) is 3.22. The van der Waals surface area contributed by atoms with Crippen molar-refractivity contribution in [3.05, 3.63) is 69.9 Å². The summed E-state index contributed by atoms with van der Waals surface area (Å²) < 4.78 is 37.7. The summed E-state index contributed by atoms with van der Waals surface area (Å²) in [6.45, 7) is 2.62. The van der Waals surface area contributed by atoms with Crippen LogP contribution in [0.2, 0.25) is 5.02 Å². The van der Waals surface area contributed by atoms with Gasteiger partial charge in [0.1, 0.15) is 22.8 Å². The topological polar surface area (TPSA) is 102 Å². The molecule has 4 rings (SSSR count). The molecule has 34 heavy (non-hydrogen) atoms. The van der Waals surface area contributed by atoms with Gasteiger partial charge < -0.3 is 14.6 Å². The van der Waals surface area contributed by atoms with Gasteiger partial charge in [0.15, 0.2) is 0 Å². The molecule has 2 aromatic carbocycles. The number of sulfonamides is 1. The number of hydrogen-bond donors (Lipinski definition) is 1. The molecule has 0 saturated heterocycles. The molecule has 0 spiro atoms. The number of ether oxygens (including phenoxy) is 1. The number of carbonyl (C=O) groups is 1. The minimum absolute atomic E-state index is 0.0568. The van der Waals surface area contributed by atoms with Crippen LogP contribution in [0, 0.1) is 6.92 Å². The van der Waals surface area contributed by atoms with Crippen molar-refractivity contribution in [2.24, 2.45) is 0 Å². The van der Waals surface area contributed by atoms with Crippen molar-refractivity contribution in [2.75, 3.05) is 26.0 Å². The molecule has 0 saturated carbocycles. The number of aromatic nitrogens is 1. The van der Waals surface area contributed by atoms with E-state index in [9.17, 15) is 13.2 Å². The summed E-state index contributed by atoms with van der Waals surface area (Å²) in [6, 6.07) is 12.8. The average molecular weight is 504 g/mol. The Morgan fingerprint density at radius 2 is 2.03 bits per heavy atom. The lowest BCUT2D eigenvalue weighted by molar-refractivity contribution is 0.0952. The molecule has 0 bridgehead atoms. The van der Waals surface area contributed by atoms with E-state index in [2.05, 4.69) is 10.5 Å². The molecule has 0 fully saturated rings. The van der Waals surface area contributed by atoms with E-state index in [0.717, 1.165) is 16.9 Å². The second-order valence-electron chi connectivity index (χ2n) is 8.09. The lowest BCUT2D eigenvalue weighted by Crippen LogP contribution is -2.38. The van der Waals surface area contributed by atoms with E-state index in [1.54, 1.807) is 38.3 Å². The molecule has 2 heterocycles. The Morgan fingerprint density at radius 1 is 1.24 bits per heavy atom. The van der Waals surface area contributed by atoms with E-state index in [0.29, 0.717) is 47.1 Å². The van der Waals surface area contributed by atoms with Gasteiger partial charge in [-0.05, 0) is 49.1 Å². The smallest absolute Gasteiger partial charge is 0.257 e. The van der Waals surface area contributed by atoms with Crippen LogP contribution < -0.4 is 10.1 Å². The van der Waals surface area contributed by atoms with Crippen LogP contribution in [0.3, 0.4) is 0 Å². The Labute approximate surface area is 203 Å². The Hall–Kier alpha value is -2.88. The zero-order valence-electron chi connectivity index (χ0n) is 19.0. The number of nitrogens with one attached hydrogen (secondary N) is 1. The molecular formula is C24H26ClN3O5S. The molecule has 0 aliphatic carbocycles. The first-order valence-electron chi connectivity index (χ1n) is 10.9. The van der Waals surface area contributed by atoms with Crippen molar-refractivity contribution in [3.63, 3.8) is 0 Å². The molecular weight excluding hydrogens is 478 g/mol. The molecule has 1 aromatic heterocycles. The van der Waals surface area contributed by atoms with Crippen molar-refractivity contribution >= 4 is 27.5 Å². The van der Waals surface area contributed by atoms with Gasteiger partial charge in [0.25, 0.3) is 5.91 Å². The van der Waals surface area contributed by atoms with Crippen LogP contribution in [0.4, 0.5) is 0 Å². The highest BCUT2D eigenvalue weighted by atomic mass is 35.5. The van der Waals surface area contributed by atoms with Crippen molar-refractivity contribution in [2.45, 2.75) is 26.3 Å². The normalized spacial score (nSPS) is 14.0. The van der Waals surface area contributed by atoms with E-state index in [-0.39, 0.29) is 24.6 Å². The molecule has 0 atom stereocenters. The van der Waals surface area contributed by atoms with Crippen LogP contribution in [0.1, 0.15) is 33.7 Å². The van der Waals surface area contributed by atoms with Gasteiger partial charge in [0.05, 0.1) is 17.9 Å². The first kappa shape index (κ1) is 24.3. The summed E-state index contributed by atoms with van der Waals surface area (Å²) in [5, 5.41) is 7.23. The maximum Gasteiger partial charge on any atom is 0.257 e. The number of hydrogen-bond acceptors (Lipinski definition) is 6. The van der Waals surface area contributed by atoms with Crippen LogP contribution in [-0.2, 0) is 23.0 Å². The van der Waals surface area contributed by atoms with E-state index < -0.39 is 10.0 Å². The third-order valence-corrected chi connectivity index (χ3v) is 8.10. The lowest BCUT2D eigenvalue weighted by atomic mass is 10.0. The SMILES string of the molecule is COc1ccc2c(c1)CCN(S(=O)(=O)CCCNC(=O)c1c(-c3ccccc3Cl)noc1C)C2. The number of amides is 1. The quantitative estimate of drug-likeness (QED) is 0.469. The first-order chi connectivity index (χ1) is 16.3. The minimum Gasteiger partial charge on any atom is -0.497 e. The van der Waals surface area contributed by atoms with E-state index in [1.807, 2.05) is 18.2 Å². The highest BCUT2D eigenvalue weighted by Gasteiger charge is 2.27. The van der Waals surface area contributed by atoms with Gasteiger partial charge in [-0.1, -0.05) is 41.0 Å². The fraction of sp³-hybridized carbons (Fsp3) is 0.333. The molecule has 1 aliphatic rings. The maximum atomic E-state index is 12.9. The van der Waals surface area contributed by atoms with E-state index >= 15 is 0 Å². The second-order valence-corrected chi connectivity index (χ2v) is 10.6. The molecule has 0 radical (unpaired) electrons. The molecule has 3 aromatic rings. The summed E-state index contributed by atoms with van der Waals surface area (Å²) in [7, 11) is -1.84. The molecule has 1 N–H and O–H groups in total. The number of carbonyl (C=O) groups excluding carboxylic acids is 1. The number of aryl methyl sites for hydroxylation is 1. The Balaban J connectivity index is 1.34. The fourth-order valence-electron chi connectivity index (χ4n) is 4.02. The standard InChI is InChI=1S/C24H26ClN3O5S/c1-16-22(23(27-33-16)20-6-3-4-7-21(20)25)24(29)26-11-5-13-34(30,31)28-12-10-17-14-19(32-2)9-8-18(17)15-28/h3-4,6-9,14H,5,10-13,15H2,1-2H3,(H,26,29). The number of benzene rings is 2. The predicted octanol–water partition coefficient (Wildman–Crippen LogP) is 3.82. The van der Waals surface area contributed by atoms with Crippen LogP contribution >= 0.6 is 11.6 Å². The van der Waals surface area contributed by atoms with Gasteiger partial charge in [0.2, 0.25) is 10.0 Å². The monoisotopic (exact) mass is 503 g/mol. The summed E-state index contributed by atoms with van der Waals surface area (Å²) in [5.41, 5.74) is 3.34. The van der Waals surface area contributed by atoms with Crippen molar-refractivity contribution < 1.29 is 22.5 Å². The largest absolute Gasteiger partial charge is 0.497 e. The summed E-state index contributed by atoms with van der Waals surface area (Å²) in [5.74, 6) is 0.695. The number of methoxy groups -OCH3 is 1. The van der Waals surface area contributed by atoms with E-state index in [4.69, 9.17) is 20.9 Å². The van der Waals surface area contributed by atoms with Gasteiger partial charge in [0, 0.05) is 25.2 Å². The minimum atomic E-state index is -3.46. The second kappa shape index (κ2) is 10.2. The van der Waals surface area contributed by atoms with E-state index in [1.165, 1.54) is 4.31 Å². The highest BCUT2D eigenvalue weighted by molar-refractivity contribution is 7.89. The molecule has 0 unspecified atom stereocenters. The van der Waals surface area contributed by atoms with Gasteiger partial charge in [-0.2, -0.15) is 4.31 Å². The summed E-state index contributed by atoms with van der Waals surface area (Å²) >= 11 is 6.25. The molecule has 8 nitrogen and oxygen atoms in total. The zero-order valence-corrected chi connectivity index (χ0v) is 20.6. The Kier molecular flexibility index (Phi) is 7.25.